The largest absolute Gasteiger partial charge is 0.444 e. The maximum Gasteiger partial charge on any atom is 0.410 e. The second kappa shape index (κ2) is 6.46. The first-order chi connectivity index (χ1) is 10.8. The Balaban J connectivity index is 1.44. The van der Waals surface area contributed by atoms with E-state index < -0.39 is 5.60 Å². The number of allylic oxidation sites excluding steroid dienone is 2. The molecule has 0 aliphatic heterocycles. The molecule has 4 nitrogen and oxygen atoms in total. The third-order valence-electron chi connectivity index (χ3n) is 5.41. The number of rotatable bonds is 6. The second-order valence-corrected chi connectivity index (χ2v) is 8.59. The van der Waals surface area contributed by atoms with Crippen molar-refractivity contribution in [1.82, 2.24) is 10.2 Å². The Bertz CT molecular complexity index is 464. The molecule has 23 heavy (non-hydrogen) atoms. The third kappa shape index (κ3) is 4.28. The van der Waals surface area contributed by atoms with Crippen LogP contribution in [-0.2, 0) is 4.74 Å². The van der Waals surface area contributed by atoms with E-state index in [-0.39, 0.29) is 6.09 Å². The SMILES string of the molecule is CC(NCCN(C(=O)OC(C)(C)C)C1CC1)C1CC2C=CC1C2. The van der Waals surface area contributed by atoms with Crippen LogP contribution >= 0.6 is 0 Å². The lowest BCUT2D eigenvalue weighted by molar-refractivity contribution is 0.0233. The molecule has 2 fully saturated rings. The summed E-state index contributed by atoms with van der Waals surface area (Å²) in [5.41, 5.74) is -0.416. The van der Waals surface area contributed by atoms with Crippen molar-refractivity contribution in [2.45, 2.75) is 71.1 Å². The minimum absolute atomic E-state index is 0.155. The molecule has 0 aromatic rings. The van der Waals surface area contributed by atoms with Crippen molar-refractivity contribution in [1.29, 1.82) is 0 Å². The van der Waals surface area contributed by atoms with E-state index in [1.165, 1.54) is 12.8 Å². The van der Waals surface area contributed by atoms with Crippen molar-refractivity contribution in [2.24, 2.45) is 17.8 Å². The Labute approximate surface area is 140 Å². The normalized spacial score (nSPS) is 30.5. The van der Waals surface area contributed by atoms with Gasteiger partial charge in [0.15, 0.2) is 0 Å². The summed E-state index contributed by atoms with van der Waals surface area (Å²) in [6.45, 7) is 9.69. The fourth-order valence-electron chi connectivity index (χ4n) is 4.09. The van der Waals surface area contributed by atoms with Gasteiger partial charge in [0.2, 0.25) is 0 Å². The van der Waals surface area contributed by atoms with Crippen LogP contribution in [0, 0.1) is 17.8 Å². The number of carbonyl (C=O) groups excluding carboxylic acids is 1. The zero-order valence-electron chi connectivity index (χ0n) is 15.0. The predicted octanol–water partition coefficient (Wildman–Crippen LogP) is 3.58. The standard InChI is InChI=1S/C19H32N2O2/c1-13(17-12-14-5-6-15(17)11-14)20-9-10-21(16-7-8-16)18(22)23-19(2,3)4/h5-6,13-17,20H,7-12H2,1-4H3. The number of ether oxygens (including phenoxy) is 1. The molecule has 4 unspecified atom stereocenters. The van der Waals surface area contributed by atoms with Crippen molar-refractivity contribution in [3.05, 3.63) is 12.2 Å². The zero-order valence-corrected chi connectivity index (χ0v) is 15.0. The molecule has 0 aromatic carbocycles. The van der Waals surface area contributed by atoms with Crippen LogP contribution in [0.3, 0.4) is 0 Å². The van der Waals surface area contributed by atoms with Crippen molar-refractivity contribution >= 4 is 6.09 Å². The highest BCUT2D eigenvalue weighted by Gasteiger charge is 2.39. The number of fused-ring (bicyclic) bond motifs is 2. The molecular weight excluding hydrogens is 288 g/mol. The lowest BCUT2D eigenvalue weighted by Crippen LogP contribution is -2.44. The molecule has 1 amide bonds. The molecule has 0 spiro atoms. The molecule has 4 atom stereocenters. The van der Waals surface area contributed by atoms with Crippen LogP contribution < -0.4 is 5.32 Å². The molecule has 0 heterocycles. The molecule has 3 aliphatic rings. The number of amides is 1. The molecule has 0 saturated heterocycles. The maximum atomic E-state index is 12.3. The van der Waals surface area contributed by atoms with Crippen LogP contribution in [0.1, 0.15) is 53.4 Å². The van der Waals surface area contributed by atoms with Crippen LogP contribution in [-0.4, -0.2) is 41.8 Å². The van der Waals surface area contributed by atoms with Gasteiger partial charge in [0.25, 0.3) is 0 Å². The van der Waals surface area contributed by atoms with Gasteiger partial charge in [-0.1, -0.05) is 12.2 Å². The molecule has 2 bridgehead atoms. The quantitative estimate of drug-likeness (QED) is 0.761. The van der Waals surface area contributed by atoms with E-state index in [1.54, 1.807) is 0 Å². The van der Waals surface area contributed by atoms with Crippen LogP contribution in [0.25, 0.3) is 0 Å². The minimum Gasteiger partial charge on any atom is -0.444 e. The van der Waals surface area contributed by atoms with E-state index in [1.807, 2.05) is 25.7 Å². The monoisotopic (exact) mass is 320 g/mol. The predicted molar refractivity (Wildman–Crippen MR) is 92.3 cm³/mol. The molecule has 4 heteroatoms. The number of nitrogens with zero attached hydrogens (tertiary/aromatic N) is 1. The molecule has 3 rings (SSSR count). The highest BCUT2D eigenvalue weighted by molar-refractivity contribution is 5.69. The van der Waals surface area contributed by atoms with Crippen LogP contribution in [0.4, 0.5) is 4.79 Å². The van der Waals surface area contributed by atoms with Gasteiger partial charge in [-0.25, -0.2) is 4.79 Å². The van der Waals surface area contributed by atoms with Gasteiger partial charge in [0.1, 0.15) is 5.60 Å². The number of carbonyl (C=O) groups is 1. The summed E-state index contributed by atoms with van der Waals surface area (Å²) in [6.07, 6.45) is 9.56. The summed E-state index contributed by atoms with van der Waals surface area (Å²) in [4.78, 5) is 14.3. The highest BCUT2D eigenvalue weighted by atomic mass is 16.6. The second-order valence-electron chi connectivity index (χ2n) is 8.59. The fraction of sp³-hybridized carbons (Fsp3) is 0.842. The Morgan fingerprint density at radius 1 is 1.30 bits per heavy atom. The van der Waals surface area contributed by atoms with E-state index in [2.05, 4.69) is 24.4 Å². The summed E-state index contributed by atoms with van der Waals surface area (Å²) in [5.74, 6) is 2.35. The molecule has 0 radical (unpaired) electrons. The highest BCUT2D eigenvalue weighted by Crippen LogP contribution is 2.44. The Morgan fingerprint density at radius 3 is 2.57 bits per heavy atom. The van der Waals surface area contributed by atoms with Crippen molar-refractivity contribution in [3.8, 4) is 0 Å². The summed E-state index contributed by atoms with van der Waals surface area (Å²) in [7, 11) is 0. The summed E-state index contributed by atoms with van der Waals surface area (Å²) in [5, 5.41) is 3.66. The maximum absolute atomic E-state index is 12.3. The van der Waals surface area contributed by atoms with Gasteiger partial charge < -0.3 is 15.0 Å². The number of nitrogens with one attached hydrogen (secondary N) is 1. The van der Waals surface area contributed by atoms with E-state index in [4.69, 9.17) is 4.74 Å². The Morgan fingerprint density at radius 2 is 2.04 bits per heavy atom. The number of hydrogen-bond acceptors (Lipinski definition) is 3. The van der Waals surface area contributed by atoms with E-state index >= 15 is 0 Å². The number of hydrogen-bond donors (Lipinski definition) is 1. The van der Waals surface area contributed by atoms with Crippen molar-refractivity contribution in [2.75, 3.05) is 13.1 Å². The third-order valence-corrected chi connectivity index (χ3v) is 5.41. The van der Waals surface area contributed by atoms with Crippen molar-refractivity contribution < 1.29 is 9.53 Å². The first-order valence-electron chi connectivity index (χ1n) is 9.25. The van der Waals surface area contributed by atoms with Crippen LogP contribution in [0.15, 0.2) is 12.2 Å². The van der Waals surface area contributed by atoms with Gasteiger partial charge in [-0.05, 0) is 71.1 Å². The van der Waals surface area contributed by atoms with Gasteiger partial charge in [0.05, 0.1) is 0 Å². The fourth-order valence-corrected chi connectivity index (χ4v) is 4.09. The summed E-state index contributed by atoms with van der Waals surface area (Å²) < 4.78 is 5.55. The van der Waals surface area contributed by atoms with Gasteiger partial charge in [-0.2, -0.15) is 0 Å². The summed E-state index contributed by atoms with van der Waals surface area (Å²) >= 11 is 0. The van der Waals surface area contributed by atoms with Gasteiger partial charge in [-0.3, -0.25) is 0 Å². The molecule has 2 saturated carbocycles. The van der Waals surface area contributed by atoms with E-state index in [0.29, 0.717) is 12.1 Å². The average Bonchev–Trinajstić information content (AvgIpc) is 3.06. The van der Waals surface area contributed by atoms with Gasteiger partial charge in [0, 0.05) is 25.2 Å². The Hall–Kier alpha value is -1.03. The lowest BCUT2D eigenvalue weighted by atomic mass is 9.87. The Kier molecular flexibility index (Phi) is 4.73. The molecular formula is C19H32N2O2. The summed E-state index contributed by atoms with van der Waals surface area (Å²) in [6, 6.07) is 0.919. The molecule has 1 N–H and O–H groups in total. The first kappa shape index (κ1) is 16.8. The van der Waals surface area contributed by atoms with Crippen LogP contribution in [0.5, 0.6) is 0 Å². The average molecular weight is 320 g/mol. The molecule has 130 valence electrons. The minimum atomic E-state index is -0.416. The van der Waals surface area contributed by atoms with E-state index in [9.17, 15) is 4.79 Å². The first-order valence-corrected chi connectivity index (χ1v) is 9.25. The topological polar surface area (TPSA) is 41.6 Å². The van der Waals surface area contributed by atoms with E-state index in [0.717, 1.165) is 43.7 Å². The van der Waals surface area contributed by atoms with Crippen LogP contribution in [0.2, 0.25) is 0 Å². The smallest absolute Gasteiger partial charge is 0.410 e. The lowest BCUT2D eigenvalue weighted by Gasteiger charge is -2.30. The molecule has 3 aliphatic carbocycles. The van der Waals surface area contributed by atoms with Gasteiger partial charge >= 0.3 is 6.09 Å². The van der Waals surface area contributed by atoms with Gasteiger partial charge in [-0.15, -0.1) is 0 Å². The zero-order chi connectivity index (χ0) is 16.6. The molecule has 0 aromatic heterocycles. The van der Waals surface area contributed by atoms with Crippen molar-refractivity contribution in [3.63, 3.8) is 0 Å².